The van der Waals surface area contributed by atoms with Gasteiger partial charge in [-0.05, 0) is 18.9 Å². The first-order valence-corrected chi connectivity index (χ1v) is 7.68. The second-order valence-electron chi connectivity index (χ2n) is 5.77. The van der Waals surface area contributed by atoms with E-state index in [1.54, 1.807) is 0 Å². The first kappa shape index (κ1) is 17.7. The number of amides is 2. The molecule has 1 aliphatic rings. The van der Waals surface area contributed by atoms with Gasteiger partial charge in [0.2, 0.25) is 0 Å². The second kappa shape index (κ2) is 9.57. The molecule has 0 saturated carbocycles. The fourth-order valence-electron chi connectivity index (χ4n) is 2.31. The minimum Gasteiger partial charge on any atom is -0.481 e. The molecule has 0 aromatic carbocycles. The standard InChI is InChI=1S/C14H28N4O3/c1-11(2)12(13(19)20)10-17-14(21)16-4-3-7-18-8-5-15-6-9-18/h11-12,15H,3-10H2,1-2H3,(H,19,20)(H2,16,17,21). The molecule has 0 aromatic heterocycles. The highest BCUT2D eigenvalue weighted by molar-refractivity contribution is 5.75. The third-order valence-electron chi connectivity index (χ3n) is 3.75. The number of carbonyl (C=O) groups excluding carboxylic acids is 1. The van der Waals surface area contributed by atoms with Crippen LogP contribution in [0.3, 0.4) is 0 Å². The van der Waals surface area contributed by atoms with Gasteiger partial charge in [-0.2, -0.15) is 0 Å². The number of hydrogen-bond acceptors (Lipinski definition) is 4. The minimum absolute atomic E-state index is 0.00416. The van der Waals surface area contributed by atoms with Crippen LogP contribution in [-0.2, 0) is 4.79 Å². The van der Waals surface area contributed by atoms with Crippen molar-refractivity contribution in [3.05, 3.63) is 0 Å². The maximum Gasteiger partial charge on any atom is 0.314 e. The van der Waals surface area contributed by atoms with Crippen LogP contribution in [-0.4, -0.2) is 67.8 Å². The number of urea groups is 1. The number of rotatable bonds is 8. The topological polar surface area (TPSA) is 93.7 Å². The Balaban J connectivity index is 2.09. The van der Waals surface area contributed by atoms with Crippen molar-refractivity contribution in [2.45, 2.75) is 20.3 Å². The highest BCUT2D eigenvalue weighted by Gasteiger charge is 2.21. The first-order chi connectivity index (χ1) is 10.0. The van der Waals surface area contributed by atoms with Gasteiger partial charge in [0.15, 0.2) is 0 Å². The molecule has 1 unspecified atom stereocenters. The van der Waals surface area contributed by atoms with Crippen molar-refractivity contribution < 1.29 is 14.7 Å². The molecule has 122 valence electrons. The molecule has 0 bridgehead atoms. The number of nitrogens with one attached hydrogen (secondary N) is 3. The second-order valence-corrected chi connectivity index (χ2v) is 5.77. The van der Waals surface area contributed by atoms with Gasteiger partial charge in [0.1, 0.15) is 0 Å². The summed E-state index contributed by atoms with van der Waals surface area (Å²) < 4.78 is 0. The van der Waals surface area contributed by atoms with E-state index < -0.39 is 11.9 Å². The lowest BCUT2D eigenvalue weighted by atomic mass is 9.96. The molecule has 1 rings (SSSR count). The van der Waals surface area contributed by atoms with Crippen molar-refractivity contribution in [2.75, 3.05) is 45.8 Å². The SMILES string of the molecule is CC(C)C(CNC(=O)NCCCN1CCNCC1)C(=O)O. The van der Waals surface area contributed by atoms with E-state index in [-0.39, 0.29) is 18.5 Å². The summed E-state index contributed by atoms with van der Waals surface area (Å²) in [4.78, 5) is 25.0. The quantitative estimate of drug-likeness (QED) is 0.471. The number of carbonyl (C=O) groups is 2. The highest BCUT2D eigenvalue weighted by atomic mass is 16.4. The zero-order chi connectivity index (χ0) is 15.7. The third kappa shape index (κ3) is 7.29. The van der Waals surface area contributed by atoms with Crippen LogP contribution >= 0.6 is 0 Å². The van der Waals surface area contributed by atoms with Gasteiger partial charge in [-0.15, -0.1) is 0 Å². The highest BCUT2D eigenvalue weighted by Crippen LogP contribution is 2.09. The van der Waals surface area contributed by atoms with E-state index in [0.29, 0.717) is 6.54 Å². The predicted octanol–water partition coefficient (Wildman–Crippen LogP) is -0.0623. The lowest BCUT2D eigenvalue weighted by Gasteiger charge is -2.27. The number of aliphatic carboxylic acids is 1. The van der Waals surface area contributed by atoms with Crippen molar-refractivity contribution in [1.29, 1.82) is 0 Å². The van der Waals surface area contributed by atoms with E-state index in [1.165, 1.54) is 0 Å². The zero-order valence-corrected chi connectivity index (χ0v) is 13.0. The van der Waals surface area contributed by atoms with E-state index in [1.807, 2.05) is 13.8 Å². The smallest absolute Gasteiger partial charge is 0.314 e. The van der Waals surface area contributed by atoms with Crippen LogP contribution in [0, 0.1) is 11.8 Å². The predicted molar refractivity (Wildman–Crippen MR) is 81.3 cm³/mol. The van der Waals surface area contributed by atoms with Crippen LogP contribution < -0.4 is 16.0 Å². The molecule has 2 amide bonds. The van der Waals surface area contributed by atoms with Gasteiger partial charge in [-0.3, -0.25) is 4.79 Å². The molecule has 0 aromatic rings. The lowest BCUT2D eigenvalue weighted by Crippen LogP contribution is -2.45. The lowest BCUT2D eigenvalue weighted by molar-refractivity contribution is -0.142. The monoisotopic (exact) mass is 300 g/mol. The summed E-state index contributed by atoms with van der Waals surface area (Å²) in [6, 6.07) is -0.290. The van der Waals surface area contributed by atoms with Gasteiger partial charge < -0.3 is 26.0 Å². The maximum absolute atomic E-state index is 11.6. The summed E-state index contributed by atoms with van der Waals surface area (Å²) in [6.45, 7) is 9.59. The number of piperazine rings is 1. The Morgan fingerprint density at radius 3 is 2.48 bits per heavy atom. The Kier molecular flexibility index (Phi) is 8.07. The summed E-state index contributed by atoms with van der Waals surface area (Å²) in [6.07, 6.45) is 0.903. The minimum atomic E-state index is -0.871. The van der Waals surface area contributed by atoms with Gasteiger partial charge in [0.05, 0.1) is 5.92 Å². The van der Waals surface area contributed by atoms with E-state index in [0.717, 1.165) is 39.1 Å². The third-order valence-corrected chi connectivity index (χ3v) is 3.75. The number of carboxylic acids is 1. The summed E-state index contributed by atoms with van der Waals surface area (Å²) in [5, 5.41) is 17.7. The summed E-state index contributed by atoms with van der Waals surface area (Å²) in [5.74, 6) is -1.42. The van der Waals surface area contributed by atoms with Gasteiger partial charge in [0, 0.05) is 39.3 Å². The Morgan fingerprint density at radius 1 is 1.24 bits per heavy atom. The van der Waals surface area contributed by atoms with Crippen LogP contribution in [0.5, 0.6) is 0 Å². The van der Waals surface area contributed by atoms with Crippen molar-refractivity contribution in [3.8, 4) is 0 Å². The van der Waals surface area contributed by atoms with E-state index in [2.05, 4.69) is 20.9 Å². The van der Waals surface area contributed by atoms with Gasteiger partial charge in [-0.25, -0.2) is 4.79 Å². The average molecular weight is 300 g/mol. The molecule has 0 aliphatic carbocycles. The van der Waals surface area contributed by atoms with Crippen LogP contribution in [0.1, 0.15) is 20.3 Å². The number of nitrogens with zero attached hydrogens (tertiary/aromatic N) is 1. The molecule has 1 atom stereocenters. The first-order valence-electron chi connectivity index (χ1n) is 7.68. The van der Waals surface area contributed by atoms with Gasteiger partial charge in [0.25, 0.3) is 0 Å². The Morgan fingerprint density at radius 2 is 1.90 bits per heavy atom. The molecule has 1 fully saturated rings. The van der Waals surface area contributed by atoms with E-state index in [9.17, 15) is 9.59 Å². The Bertz CT molecular complexity index is 330. The van der Waals surface area contributed by atoms with E-state index >= 15 is 0 Å². The van der Waals surface area contributed by atoms with Gasteiger partial charge in [-0.1, -0.05) is 13.8 Å². The fraction of sp³-hybridized carbons (Fsp3) is 0.857. The van der Waals surface area contributed by atoms with Gasteiger partial charge >= 0.3 is 12.0 Å². The van der Waals surface area contributed by atoms with Crippen LogP contribution in [0.15, 0.2) is 0 Å². The summed E-state index contributed by atoms with van der Waals surface area (Å²) in [5.41, 5.74) is 0. The van der Waals surface area contributed by atoms with Crippen LogP contribution in [0.4, 0.5) is 4.79 Å². The molecule has 1 aliphatic heterocycles. The largest absolute Gasteiger partial charge is 0.481 e. The molecule has 4 N–H and O–H groups in total. The molecule has 7 nitrogen and oxygen atoms in total. The zero-order valence-electron chi connectivity index (χ0n) is 13.0. The van der Waals surface area contributed by atoms with E-state index in [4.69, 9.17) is 5.11 Å². The normalized spacial score (nSPS) is 17.5. The Hall–Kier alpha value is -1.34. The maximum atomic E-state index is 11.6. The molecular weight excluding hydrogens is 272 g/mol. The molecule has 21 heavy (non-hydrogen) atoms. The summed E-state index contributed by atoms with van der Waals surface area (Å²) >= 11 is 0. The van der Waals surface area contributed by atoms with Crippen molar-refractivity contribution >= 4 is 12.0 Å². The van der Waals surface area contributed by atoms with Crippen molar-refractivity contribution in [3.63, 3.8) is 0 Å². The average Bonchev–Trinajstić information content (AvgIpc) is 2.44. The molecular formula is C14H28N4O3. The van der Waals surface area contributed by atoms with Crippen molar-refractivity contribution in [2.24, 2.45) is 11.8 Å². The molecule has 1 saturated heterocycles. The summed E-state index contributed by atoms with van der Waals surface area (Å²) in [7, 11) is 0. The van der Waals surface area contributed by atoms with Crippen LogP contribution in [0.25, 0.3) is 0 Å². The Labute approximate surface area is 126 Å². The number of hydrogen-bond donors (Lipinski definition) is 4. The fourth-order valence-corrected chi connectivity index (χ4v) is 2.31. The molecule has 0 spiro atoms. The van der Waals surface area contributed by atoms with Crippen LogP contribution in [0.2, 0.25) is 0 Å². The molecule has 0 radical (unpaired) electrons. The van der Waals surface area contributed by atoms with Crippen molar-refractivity contribution in [1.82, 2.24) is 20.9 Å². The molecule has 1 heterocycles. The molecule has 7 heteroatoms. The number of carboxylic acid groups (broad SMARTS) is 1.